The maximum atomic E-state index is 12.4. The molecule has 0 unspecified atom stereocenters. The van der Waals surface area contributed by atoms with Crippen LogP contribution in [0.25, 0.3) is 10.2 Å². The molecule has 0 saturated heterocycles. The topological polar surface area (TPSA) is 84.1 Å². The Morgan fingerprint density at radius 2 is 2.16 bits per heavy atom. The predicted molar refractivity (Wildman–Crippen MR) is 115 cm³/mol. The minimum atomic E-state index is -4.43. The van der Waals surface area contributed by atoms with E-state index in [2.05, 4.69) is 20.0 Å². The van der Waals surface area contributed by atoms with Crippen molar-refractivity contribution in [1.82, 2.24) is 9.97 Å². The molecule has 1 aromatic carbocycles. The third kappa shape index (κ3) is 5.40. The molecule has 0 aliphatic heterocycles. The second kappa shape index (κ2) is 8.91. The lowest BCUT2D eigenvalue weighted by atomic mass is 10.2. The van der Waals surface area contributed by atoms with Gasteiger partial charge in [0.05, 0.1) is 16.9 Å². The van der Waals surface area contributed by atoms with E-state index in [0.717, 1.165) is 29.7 Å². The average molecular weight is 470 g/mol. The van der Waals surface area contributed by atoms with Crippen LogP contribution in [0.2, 0.25) is 0 Å². The molecule has 0 spiro atoms. The molecule has 0 fully saturated rings. The molecule has 1 aliphatic carbocycles. The summed E-state index contributed by atoms with van der Waals surface area (Å²) in [5.41, 5.74) is 1.32. The van der Waals surface area contributed by atoms with E-state index in [1.807, 2.05) is 0 Å². The minimum absolute atomic E-state index is 0.0145. The molecular weight excluding hydrogens is 451 g/mol. The van der Waals surface area contributed by atoms with Crippen LogP contribution in [-0.2, 0) is 23.4 Å². The summed E-state index contributed by atoms with van der Waals surface area (Å²) in [5, 5.41) is 3.31. The molecule has 4 rings (SSSR count). The molecule has 0 bridgehead atoms. The third-order valence-electron chi connectivity index (χ3n) is 4.62. The van der Waals surface area contributed by atoms with E-state index in [1.165, 1.54) is 34.8 Å². The van der Waals surface area contributed by atoms with Crippen molar-refractivity contribution in [3.8, 4) is 5.75 Å². The lowest BCUT2D eigenvalue weighted by molar-refractivity contribution is -0.153. The van der Waals surface area contributed by atoms with Crippen LogP contribution in [0, 0.1) is 0 Å². The molecule has 0 saturated carbocycles. The lowest BCUT2D eigenvalue weighted by Gasteiger charge is -2.11. The Morgan fingerprint density at radius 1 is 1.32 bits per heavy atom. The summed E-state index contributed by atoms with van der Waals surface area (Å²) in [6, 6.07) is 5.77. The number of thiophene rings is 1. The van der Waals surface area contributed by atoms with Gasteiger partial charge in [-0.1, -0.05) is 6.07 Å². The first-order valence-electron chi connectivity index (χ1n) is 9.49. The largest absolute Gasteiger partial charge is 0.484 e. The summed E-state index contributed by atoms with van der Waals surface area (Å²) in [6.07, 6.45) is -1.46. The van der Waals surface area contributed by atoms with Gasteiger partial charge in [-0.25, -0.2) is 4.98 Å². The van der Waals surface area contributed by atoms with Gasteiger partial charge in [-0.2, -0.15) is 13.2 Å². The Kier molecular flexibility index (Phi) is 6.24. The second-order valence-electron chi connectivity index (χ2n) is 7.02. The molecule has 1 aliphatic rings. The van der Waals surface area contributed by atoms with Crippen LogP contribution in [0.5, 0.6) is 5.75 Å². The van der Waals surface area contributed by atoms with Crippen LogP contribution in [-0.4, -0.2) is 34.4 Å². The normalized spacial score (nSPS) is 13.4. The number of carbonyl (C=O) groups is 1. The van der Waals surface area contributed by atoms with Crippen molar-refractivity contribution in [2.24, 2.45) is 0 Å². The van der Waals surface area contributed by atoms with Crippen LogP contribution in [0.3, 0.4) is 0 Å². The first-order chi connectivity index (χ1) is 14.8. The average Bonchev–Trinajstić information content (AvgIpc) is 3.27. The Balaban J connectivity index is 1.31. The number of hydrogen-bond donors (Lipinski definition) is 2. The highest BCUT2D eigenvalue weighted by molar-refractivity contribution is 7.99. The van der Waals surface area contributed by atoms with Gasteiger partial charge in [0.2, 0.25) is 5.91 Å². The summed E-state index contributed by atoms with van der Waals surface area (Å²) >= 11 is 2.84. The Bertz CT molecular complexity index is 1170. The fraction of sp³-hybridized carbons (Fsp3) is 0.350. The zero-order valence-electron chi connectivity index (χ0n) is 16.2. The fourth-order valence-electron chi connectivity index (χ4n) is 3.38. The highest BCUT2D eigenvalue weighted by Gasteiger charge is 2.28. The van der Waals surface area contributed by atoms with Gasteiger partial charge < -0.3 is 15.0 Å². The van der Waals surface area contributed by atoms with Crippen molar-refractivity contribution < 1.29 is 22.7 Å². The molecule has 0 radical (unpaired) electrons. The van der Waals surface area contributed by atoms with E-state index >= 15 is 0 Å². The molecule has 3 aromatic rings. The zero-order chi connectivity index (χ0) is 22.0. The van der Waals surface area contributed by atoms with E-state index in [1.54, 1.807) is 17.4 Å². The fourth-order valence-corrected chi connectivity index (χ4v) is 5.35. The number of aryl methyl sites for hydroxylation is 2. The first-order valence-corrected chi connectivity index (χ1v) is 11.5. The third-order valence-corrected chi connectivity index (χ3v) is 6.75. The highest BCUT2D eigenvalue weighted by atomic mass is 32.2. The van der Waals surface area contributed by atoms with E-state index in [-0.39, 0.29) is 23.0 Å². The van der Waals surface area contributed by atoms with Crippen molar-refractivity contribution in [3.05, 3.63) is 50.9 Å². The number of fused-ring (bicyclic) bond motifs is 3. The van der Waals surface area contributed by atoms with Crippen LogP contribution in [0.4, 0.5) is 18.9 Å². The number of anilines is 1. The van der Waals surface area contributed by atoms with Gasteiger partial charge in [-0.3, -0.25) is 9.59 Å². The summed E-state index contributed by atoms with van der Waals surface area (Å²) in [7, 11) is 0. The van der Waals surface area contributed by atoms with Gasteiger partial charge in [-0.05, 0) is 37.0 Å². The van der Waals surface area contributed by atoms with Crippen molar-refractivity contribution in [1.29, 1.82) is 0 Å². The molecular formula is C20H18F3N3O3S2. The van der Waals surface area contributed by atoms with Crippen molar-refractivity contribution in [2.45, 2.75) is 31.2 Å². The number of halogens is 3. The molecule has 31 heavy (non-hydrogen) atoms. The van der Waals surface area contributed by atoms with E-state index < -0.39 is 12.8 Å². The van der Waals surface area contributed by atoms with Crippen LogP contribution in [0.1, 0.15) is 22.7 Å². The monoisotopic (exact) mass is 469 g/mol. The maximum Gasteiger partial charge on any atom is 0.422 e. The van der Waals surface area contributed by atoms with Gasteiger partial charge in [0, 0.05) is 16.6 Å². The van der Waals surface area contributed by atoms with Gasteiger partial charge in [0.15, 0.2) is 6.61 Å². The van der Waals surface area contributed by atoms with Crippen molar-refractivity contribution in [3.63, 3.8) is 0 Å². The minimum Gasteiger partial charge on any atom is -0.484 e. The van der Waals surface area contributed by atoms with E-state index in [4.69, 9.17) is 0 Å². The van der Waals surface area contributed by atoms with Crippen LogP contribution >= 0.6 is 23.1 Å². The van der Waals surface area contributed by atoms with Crippen LogP contribution in [0.15, 0.2) is 29.1 Å². The Morgan fingerprint density at radius 3 is 2.97 bits per heavy atom. The molecule has 164 valence electrons. The molecule has 6 nitrogen and oxygen atoms in total. The number of amides is 1. The standard InChI is InChI=1S/C20H18F3N3O3S2/c21-20(22,23)10-29-12-4-1-3-11(7-12)24-16(27)9-30-8-15-25-18(28)17-13-5-2-6-14(13)31-19(17)26-15/h1,3-4,7H,2,5-6,8-10H2,(H,24,27)(H,25,26,28). The number of alkyl halides is 3. The number of benzene rings is 1. The predicted octanol–water partition coefficient (Wildman–Crippen LogP) is 4.29. The number of hydrogen-bond acceptors (Lipinski definition) is 6. The quantitative estimate of drug-likeness (QED) is 0.540. The van der Waals surface area contributed by atoms with Gasteiger partial charge in [-0.15, -0.1) is 23.1 Å². The van der Waals surface area contributed by atoms with E-state index in [9.17, 15) is 22.8 Å². The number of ether oxygens (including phenoxy) is 1. The highest BCUT2D eigenvalue weighted by Crippen LogP contribution is 2.34. The first kappa shape index (κ1) is 21.7. The van der Waals surface area contributed by atoms with Crippen molar-refractivity contribution in [2.75, 3.05) is 17.7 Å². The molecule has 2 N–H and O–H groups in total. The summed E-state index contributed by atoms with van der Waals surface area (Å²) < 4.78 is 41.5. The number of thioether (sulfide) groups is 1. The zero-order valence-corrected chi connectivity index (χ0v) is 17.8. The lowest BCUT2D eigenvalue weighted by Crippen LogP contribution is -2.19. The van der Waals surface area contributed by atoms with Gasteiger partial charge in [0.25, 0.3) is 5.56 Å². The molecule has 2 heterocycles. The Hall–Kier alpha value is -2.53. The maximum absolute atomic E-state index is 12.4. The number of carbonyl (C=O) groups excluding carboxylic acids is 1. The molecule has 2 aromatic heterocycles. The number of nitrogens with one attached hydrogen (secondary N) is 2. The smallest absolute Gasteiger partial charge is 0.422 e. The summed E-state index contributed by atoms with van der Waals surface area (Å²) in [6.45, 7) is -1.40. The number of aromatic amines is 1. The summed E-state index contributed by atoms with van der Waals surface area (Å²) in [4.78, 5) is 33.9. The number of aromatic nitrogens is 2. The number of nitrogens with zero attached hydrogens (tertiary/aromatic N) is 1. The molecule has 1 amide bonds. The van der Waals surface area contributed by atoms with Gasteiger partial charge >= 0.3 is 6.18 Å². The second-order valence-corrected chi connectivity index (χ2v) is 9.09. The molecule has 11 heteroatoms. The Labute approximate surface area is 183 Å². The number of H-pyrrole nitrogens is 1. The van der Waals surface area contributed by atoms with Crippen molar-refractivity contribution >= 4 is 44.9 Å². The van der Waals surface area contributed by atoms with Crippen LogP contribution < -0.4 is 15.6 Å². The van der Waals surface area contributed by atoms with Gasteiger partial charge in [0.1, 0.15) is 16.4 Å². The number of rotatable bonds is 7. The molecule has 0 atom stereocenters. The summed E-state index contributed by atoms with van der Waals surface area (Å²) in [5.74, 6) is 0.654. The van der Waals surface area contributed by atoms with E-state index in [0.29, 0.717) is 22.7 Å². The SMILES string of the molecule is O=C(CSCc1nc2sc3c(c2c(=O)[nH]1)CCC3)Nc1cccc(OCC(F)(F)F)c1.